The molecule has 2 aromatic rings. The van der Waals surface area contributed by atoms with Crippen molar-refractivity contribution in [2.45, 2.75) is 13.8 Å². The number of thioether (sulfide) groups is 1. The van der Waals surface area contributed by atoms with Crippen LogP contribution >= 0.6 is 11.8 Å². The van der Waals surface area contributed by atoms with Crippen molar-refractivity contribution in [2.75, 3.05) is 11.9 Å². The van der Waals surface area contributed by atoms with Crippen LogP contribution in [0.4, 0.5) is 10.5 Å². The molecule has 1 N–H and O–H groups in total. The van der Waals surface area contributed by atoms with Crippen molar-refractivity contribution >= 4 is 40.6 Å². The zero-order valence-electron chi connectivity index (χ0n) is 14.4. The van der Waals surface area contributed by atoms with Gasteiger partial charge in [-0.2, -0.15) is 0 Å². The van der Waals surface area contributed by atoms with E-state index >= 15 is 0 Å². The third-order valence-electron chi connectivity index (χ3n) is 4.06. The van der Waals surface area contributed by atoms with Crippen LogP contribution in [0.2, 0.25) is 0 Å². The summed E-state index contributed by atoms with van der Waals surface area (Å²) in [6.45, 7) is 3.54. The number of aromatic nitrogens is 1. The first-order chi connectivity index (χ1) is 12.5. The second-order valence-corrected chi connectivity index (χ2v) is 6.84. The van der Waals surface area contributed by atoms with Gasteiger partial charge in [-0.3, -0.25) is 24.3 Å². The first-order valence-corrected chi connectivity index (χ1v) is 8.79. The Kier molecular flexibility index (Phi) is 5.18. The predicted octanol–water partition coefficient (Wildman–Crippen LogP) is 3.37. The minimum absolute atomic E-state index is 0.292. The molecule has 2 heterocycles. The number of nitrogens with zero attached hydrogens (tertiary/aromatic N) is 2. The Balaban J connectivity index is 1.71. The molecular formula is C19H17N3O3S. The van der Waals surface area contributed by atoms with E-state index in [-0.39, 0.29) is 6.54 Å². The van der Waals surface area contributed by atoms with Crippen LogP contribution in [0.25, 0.3) is 6.08 Å². The predicted molar refractivity (Wildman–Crippen MR) is 101 cm³/mol. The fraction of sp³-hybridized carbons (Fsp3) is 0.158. The van der Waals surface area contributed by atoms with Crippen molar-refractivity contribution in [1.82, 2.24) is 9.88 Å². The maximum Gasteiger partial charge on any atom is 0.294 e. The monoisotopic (exact) mass is 367 g/mol. The summed E-state index contributed by atoms with van der Waals surface area (Å²) in [6, 6.07) is 9.06. The van der Waals surface area contributed by atoms with Gasteiger partial charge < -0.3 is 5.32 Å². The highest BCUT2D eigenvalue weighted by Gasteiger charge is 2.36. The number of rotatable bonds is 4. The van der Waals surface area contributed by atoms with E-state index in [0.29, 0.717) is 10.6 Å². The van der Waals surface area contributed by atoms with Crippen molar-refractivity contribution in [3.63, 3.8) is 0 Å². The van der Waals surface area contributed by atoms with Gasteiger partial charge in [-0.1, -0.05) is 12.1 Å². The first kappa shape index (κ1) is 17.9. The van der Waals surface area contributed by atoms with Crippen LogP contribution in [0, 0.1) is 13.8 Å². The highest BCUT2D eigenvalue weighted by molar-refractivity contribution is 8.18. The molecule has 1 aromatic heterocycles. The molecule has 3 amide bonds. The Morgan fingerprint density at radius 2 is 1.92 bits per heavy atom. The molecule has 1 saturated heterocycles. The van der Waals surface area contributed by atoms with Crippen LogP contribution in [-0.4, -0.2) is 33.5 Å². The van der Waals surface area contributed by atoms with Gasteiger partial charge in [-0.05, 0) is 66.6 Å². The molecule has 0 saturated carbocycles. The van der Waals surface area contributed by atoms with Crippen LogP contribution in [0.3, 0.4) is 0 Å². The summed E-state index contributed by atoms with van der Waals surface area (Å²) in [5, 5.41) is 2.31. The largest absolute Gasteiger partial charge is 0.324 e. The molecule has 0 aliphatic carbocycles. The lowest BCUT2D eigenvalue weighted by Crippen LogP contribution is -2.36. The van der Waals surface area contributed by atoms with Gasteiger partial charge in [0.25, 0.3) is 11.1 Å². The molecular weight excluding hydrogens is 350 g/mol. The van der Waals surface area contributed by atoms with E-state index in [4.69, 9.17) is 0 Å². The Morgan fingerprint density at radius 3 is 2.65 bits per heavy atom. The molecule has 26 heavy (non-hydrogen) atoms. The van der Waals surface area contributed by atoms with E-state index in [1.54, 1.807) is 36.7 Å². The smallest absolute Gasteiger partial charge is 0.294 e. The number of amides is 3. The molecule has 0 radical (unpaired) electrons. The lowest BCUT2D eigenvalue weighted by Gasteiger charge is -2.14. The van der Waals surface area contributed by atoms with Crippen molar-refractivity contribution in [3.05, 3.63) is 64.3 Å². The van der Waals surface area contributed by atoms with E-state index in [1.807, 2.05) is 26.0 Å². The van der Waals surface area contributed by atoms with Crippen molar-refractivity contribution in [3.8, 4) is 0 Å². The maximum absolute atomic E-state index is 12.4. The van der Waals surface area contributed by atoms with Gasteiger partial charge >= 0.3 is 0 Å². The molecule has 1 fully saturated rings. The minimum atomic E-state index is -0.465. The minimum Gasteiger partial charge on any atom is -0.324 e. The standard InChI is InChI=1S/C19H17N3O3S/c1-12-4-3-5-15(13(12)2)21-17(23)11-22-18(24)16(26-19(22)25)10-14-6-8-20-9-7-14/h3-10H,11H2,1-2H3,(H,21,23)/b16-10+. The van der Waals surface area contributed by atoms with E-state index in [2.05, 4.69) is 10.3 Å². The molecule has 132 valence electrons. The number of hydrogen-bond donors (Lipinski definition) is 1. The van der Waals surface area contributed by atoms with Crippen LogP contribution in [0.1, 0.15) is 16.7 Å². The lowest BCUT2D eigenvalue weighted by molar-refractivity contribution is -0.127. The molecule has 0 bridgehead atoms. The first-order valence-electron chi connectivity index (χ1n) is 7.97. The average molecular weight is 367 g/mol. The fourth-order valence-corrected chi connectivity index (χ4v) is 3.31. The van der Waals surface area contributed by atoms with Crippen LogP contribution in [0.15, 0.2) is 47.6 Å². The number of carbonyl (C=O) groups is 3. The second kappa shape index (κ2) is 7.53. The molecule has 0 spiro atoms. The molecule has 1 aliphatic rings. The van der Waals surface area contributed by atoms with E-state index in [0.717, 1.165) is 33.4 Å². The zero-order chi connectivity index (χ0) is 18.7. The number of benzene rings is 1. The topological polar surface area (TPSA) is 79.4 Å². The molecule has 0 unspecified atom stereocenters. The fourth-order valence-electron chi connectivity index (χ4n) is 2.47. The van der Waals surface area contributed by atoms with Crippen molar-refractivity contribution < 1.29 is 14.4 Å². The van der Waals surface area contributed by atoms with Gasteiger partial charge in [0, 0.05) is 18.1 Å². The average Bonchev–Trinajstić information content (AvgIpc) is 2.87. The number of nitrogens with one attached hydrogen (secondary N) is 1. The zero-order valence-corrected chi connectivity index (χ0v) is 15.2. The quantitative estimate of drug-likeness (QED) is 0.838. The summed E-state index contributed by atoms with van der Waals surface area (Å²) in [4.78, 5) is 42.0. The second-order valence-electron chi connectivity index (χ2n) is 5.84. The number of imide groups is 1. The summed E-state index contributed by atoms with van der Waals surface area (Å²) in [6.07, 6.45) is 4.83. The molecule has 1 aromatic carbocycles. The van der Waals surface area contributed by atoms with Crippen LogP contribution in [0.5, 0.6) is 0 Å². The molecule has 0 atom stereocenters. The van der Waals surface area contributed by atoms with E-state index < -0.39 is 17.1 Å². The van der Waals surface area contributed by atoms with Gasteiger partial charge in [-0.25, -0.2) is 0 Å². The third-order valence-corrected chi connectivity index (χ3v) is 4.97. The van der Waals surface area contributed by atoms with Gasteiger partial charge in [0.05, 0.1) is 4.91 Å². The number of anilines is 1. The number of hydrogen-bond acceptors (Lipinski definition) is 5. The summed E-state index contributed by atoms with van der Waals surface area (Å²) < 4.78 is 0. The Hall–Kier alpha value is -2.93. The van der Waals surface area contributed by atoms with Gasteiger partial charge in [0.1, 0.15) is 6.54 Å². The Morgan fingerprint density at radius 1 is 1.19 bits per heavy atom. The number of aryl methyl sites for hydroxylation is 1. The third kappa shape index (κ3) is 3.83. The highest BCUT2D eigenvalue weighted by Crippen LogP contribution is 2.32. The van der Waals surface area contributed by atoms with Crippen molar-refractivity contribution in [2.24, 2.45) is 0 Å². The lowest BCUT2D eigenvalue weighted by atomic mass is 10.1. The maximum atomic E-state index is 12.4. The number of carbonyl (C=O) groups excluding carboxylic acids is 3. The van der Waals surface area contributed by atoms with E-state index in [9.17, 15) is 14.4 Å². The summed E-state index contributed by atoms with van der Waals surface area (Å²) in [7, 11) is 0. The number of pyridine rings is 1. The highest BCUT2D eigenvalue weighted by atomic mass is 32.2. The van der Waals surface area contributed by atoms with Crippen molar-refractivity contribution in [1.29, 1.82) is 0 Å². The molecule has 3 rings (SSSR count). The van der Waals surface area contributed by atoms with Crippen LogP contribution < -0.4 is 5.32 Å². The molecule has 6 nitrogen and oxygen atoms in total. The summed E-state index contributed by atoms with van der Waals surface area (Å²) >= 11 is 0.829. The Bertz CT molecular complexity index is 910. The molecule has 7 heteroatoms. The Labute approximate surface area is 155 Å². The summed E-state index contributed by atoms with van der Waals surface area (Å²) in [5.74, 6) is -0.876. The molecule has 1 aliphatic heterocycles. The van der Waals surface area contributed by atoms with Gasteiger partial charge in [-0.15, -0.1) is 0 Å². The van der Waals surface area contributed by atoms with Gasteiger partial charge in [0.15, 0.2) is 0 Å². The van der Waals surface area contributed by atoms with E-state index in [1.165, 1.54) is 0 Å². The SMILES string of the molecule is Cc1cccc(NC(=O)CN2C(=O)S/C(=C/c3ccncc3)C2=O)c1C. The van der Waals surface area contributed by atoms with Gasteiger partial charge in [0.2, 0.25) is 5.91 Å². The summed E-state index contributed by atoms with van der Waals surface area (Å²) in [5.41, 5.74) is 3.45. The van der Waals surface area contributed by atoms with Crippen LogP contribution in [-0.2, 0) is 9.59 Å². The normalized spacial score (nSPS) is 15.6.